The molecule has 1 fully saturated rings. The van der Waals surface area contributed by atoms with Crippen molar-refractivity contribution < 1.29 is 4.79 Å². The van der Waals surface area contributed by atoms with E-state index in [2.05, 4.69) is 4.99 Å². The van der Waals surface area contributed by atoms with Gasteiger partial charge in [-0.25, -0.2) is 0 Å². The summed E-state index contributed by atoms with van der Waals surface area (Å²) >= 11 is 0. The van der Waals surface area contributed by atoms with Gasteiger partial charge in [-0.1, -0.05) is 6.92 Å². The van der Waals surface area contributed by atoms with E-state index in [0.29, 0.717) is 12.3 Å². The van der Waals surface area contributed by atoms with Gasteiger partial charge < -0.3 is 10.6 Å². The number of aliphatic imine (C=N–C) groups is 1. The van der Waals surface area contributed by atoms with Crippen molar-refractivity contribution in [3.63, 3.8) is 0 Å². The second-order valence-electron chi connectivity index (χ2n) is 3.47. The fourth-order valence-corrected chi connectivity index (χ4v) is 1.40. The first-order valence-electron chi connectivity index (χ1n) is 4.71. The highest BCUT2D eigenvalue weighted by molar-refractivity contribution is 5.79. The van der Waals surface area contributed by atoms with Crippen LogP contribution >= 0.6 is 0 Å². The summed E-state index contributed by atoms with van der Waals surface area (Å²) in [5, 5.41) is 0. The maximum Gasteiger partial charge on any atom is 0.222 e. The third-order valence-corrected chi connectivity index (χ3v) is 2.07. The summed E-state index contributed by atoms with van der Waals surface area (Å²) in [6.07, 6.45) is 1.57. The SMILES string of the molecule is CCCC(=O)N1CC(N=C(C)N)C1. The predicted octanol–water partition coefficient (Wildman–Crippen LogP) is 0.374. The molecule has 0 saturated carbocycles. The minimum Gasteiger partial charge on any atom is -0.388 e. The average molecular weight is 183 g/mol. The molecule has 13 heavy (non-hydrogen) atoms. The molecule has 1 rings (SSSR count). The summed E-state index contributed by atoms with van der Waals surface area (Å²) in [7, 11) is 0. The lowest BCUT2D eigenvalue weighted by Crippen LogP contribution is -2.53. The molecule has 0 aromatic rings. The van der Waals surface area contributed by atoms with Crippen molar-refractivity contribution in [2.75, 3.05) is 13.1 Å². The summed E-state index contributed by atoms with van der Waals surface area (Å²) in [6, 6.07) is 0.241. The first-order valence-corrected chi connectivity index (χ1v) is 4.71. The van der Waals surface area contributed by atoms with E-state index in [1.165, 1.54) is 0 Å². The molecule has 0 unspecified atom stereocenters. The average Bonchev–Trinajstić information content (AvgIpc) is 1.95. The third kappa shape index (κ3) is 2.72. The molecule has 0 aliphatic carbocycles. The fraction of sp³-hybridized carbons (Fsp3) is 0.778. The van der Waals surface area contributed by atoms with Crippen molar-refractivity contribution in [3.8, 4) is 0 Å². The first-order chi connectivity index (χ1) is 6.13. The number of carbonyl (C=O) groups is 1. The third-order valence-electron chi connectivity index (χ3n) is 2.07. The van der Waals surface area contributed by atoms with Crippen molar-refractivity contribution in [2.24, 2.45) is 10.7 Å². The Morgan fingerprint density at radius 1 is 1.62 bits per heavy atom. The summed E-state index contributed by atoms with van der Waals surface area (Å²) in [5.74, 6) is 0.844. The summed E-state index contributed by atoms with van der Waals surface area (Å²) in [5.41, 5.74) is 5.43. The Bertz CT molecular complexity index is 215. The minimum atomic E-state index is 0.239. The van der Waals surface area contributed by atoms with Gasteiger partial charge in [0.15, 0.2) is 0 Å². The maximum atomic E-state index is 11.3. The highest BCUT2D eigenvalue weighted by Gasteiger charge is 2.29. The van der Waals surface area contributed by atoms with Crippen molar-refractivity contribution in [1.82, 2.24) is 4.90 Å². The smallest absolute Gasteiger partial charge is 0.222 e. The molecule has 0 radical (unpaired) electrons. The van der Waals surface area contributed by atoms with E-state index >= 15 is 0 Å². The Labute approximate surface area is 78.8 Å². The summed E-state index contributed by atoms with van der Waals surface area (Å²) in [6.45, 7) is 5.27. The first kappa shape index (κ1) is 10.0. The van der Waals surface area contributed by atoms with Crippen LogP contribution < -0.4 is 5.73 Å². The van der Waals surface area contributed by atoms with Gasteiger partial charge >= 0.3 is 0 Å². The molecule has 1 heterocycles. The largest absolute Gasteiger partial charge is 0.388 e. The summed E-state index contributed by atoms with van der Waals surface area (Å²) in [4.78, 5) is 17.3. The van der Waals surface area contributed by atoms with Gasteiger partial charge in [-0.15, -0.1) is 0 Å². The van der Waals surface area contributed by atoms with Crippen molar-refractivity contribution in [3.05, 3.63) is 0 Å². The minimum absolute atomic E-state index is 0.239. The van der Waals surface area contributed by atoms with E-state index in [-0.39, 0.29) is 11.9 Å². The van der Waals surface area contributed by atoms with Gasteiger partial charge in [0.2, 0.25) is 5.91 Å². The van der Waals surface area contributed by atoms with Gasteiger partial charge in [0.25, 0.3) is 0 Å². The van der Waals surface area contributed by atoms with Crippen LogP contribution in [-0.4, -0.2) is 35.8 Å². The molecule has 2 N–H and O–H groups in total. The molecular weight excluding hydrogens is 166 g/mol. The molecule has 4 nitrogen and oxygen atoms in total. The molecule has 74 valence electrons. The fourth-order valence-electron chi connectivity index (χ4n) is 1.40. The molecule has 0 spiro atoms. The van der Waals surface area contributed by atoms with Crippen molar-refractivity contribution >= 4 is 11.7 Å². The van der Waals surface area contributed by atoms with Gasteiger partial charge in [-0.3, -0.25) is 9.79 Å². The highest BCUT2D eigenvalue weighted by atomic mass is 16.2. The van der Waals surface area contributed by atoms with Crippen LogP contribution in [0.2, 0.25) is 0 Å². The van der Waals surface area contributed by atoms with Crippen molar-refractivity contribution in [2.45, 2.75) is 32.7 Å². The second-order valence-corrected chi connectivity index (χ2v) is 3.47. The number of amides is 1. The highest BCUT2D eigenvalue weighted by Crippen LogP contribution is 2.13. The summed E-state index contributed by atoms with van der Waals surface area (Å²) < 4.78 is 0. The standard InChI is InChI=1S/C9H17N3O/c1-3-4-9(13)12-5-8(6-12)11-7(2)10/h8H,3-6H2,1-2H3,(H2,10,11). The van der Waals surface area contributed by atoms with E-state index in [0.717, 1.165) is 19.5 Å². The predicted molar refractivity (Wildman–Crippen MR) is 52.6 cm³/mol. The Morgan fingerprint density at radius 3 is 2.69 bits per heavy atom. The number of likely N-dealkylation sites (tertiary alicyclic amines) is 1. The lowest BCUT2D eigenvalue weighted by Gasteiger charge is -2.37. The van der Waals surface area contributed by atoms with E-state index < -0.39 is 0 Å². The molecule has 0 aromatic heterocycles. The lowest BCUT2D eigenvalue weighted by atomic mass is 10.1. The monoisotopic (exact) mass is 183 g/mol. The van der Waals surface area contributed by atoms with Crippen LogP contribution in [0.5, 0.6) is 0 Å². The molecule has 1 aliphatic rings. The Kier molecular flexibility index (Phi) is 3.28. The van der Waals surface area contributed by atoms with Crippen molar-refractivity contribution in [1.29, 1.82) is 0 Å². The normalized spacial score (nSPS) is 18.6. The molecule has 4 heteroatoms. The topological polar surface area (TPSA) is 58.7 Å². The zero-order chi connectivity index (χ0) is 9.84. The molecule has 1 saturated heterocycles. The number of rotatable bonds is 3. The molecule has 0 bridgehead atoms. The maximum absolute atomic E-state index is 11.3. The lowest BCUT2D eigenvalue weighted by molar-refractivity contribution is -0.135. The van der Waals surface area contributed by atoms with E-state index in [9.17, 15) is 4.79 Å². The van der Waals surface area contributed by atoms with Crippen LogP contribution in [0.1, 0.15) is 26.7 Å². The number of amidine groups is 1. The molecule has 1 amide bonds. The number of carbonyl (C=O) groups excluding carboxylic acids is 1. The number of hydrogen-bond acceptors (Lipinski definition) is 2. The van der Waals surface area contributed by atoms with E-state index in [1.807, 2.05) is 11.8 Å². The van der Waals surface area contributed by atoms with Crippen LogP contribution in [-0.2, 0) is 4.79 Å². The Balaban J connectivity index is 2.25. The van der Waals surface area contributed by atoms with Crippen LogP contribution in [0.3, 0.4) is 0 Å². The molecular formula is C9H17N3O. The van der Waals surface area contributed by atoms with Crippen LogP contribution in [0.25, 0.3) is 0 Å². The molecule has 0 aromatic carbocycles. The number of nitrogens with two attached hydrogens (primary N) is 1. The number of nitrogens with zero attached hydrogens (tertiary/aromatic N) is 2. The van der Waals surface area contributed by atoms with Crippen LogP contribution in [0, 0.1) is 0 Å². The Hall–Kier alpha value is -1.06. The van der Waals surface area contributed by atoms with E-state index in [1.54, 1.807) is 6.92 Å². The van der Waals surface area contributed by atoms with Crippen LogP contribution in [0.15, 0.2) is 4.99 Å². The zero-order valence-electron chi connectivity index (χ0n) is 8.29. The van der Waals surface area contributed by atoms with Crippen LogP contribution in [0.4, 0.5) is 0 Å². The van der Waals surface area contributed by atoms with Gasteiger partial charge in [0.1, 0.15) is 0 Å². The van der Waals surface area contributed by atoms with E-state index in [4.69, 9.17) is 5.73 Å². The van der Waals surface area contributed by atoms with Gasteiger partial charge in [0, 0.05) is 19.5 Å². The molecule has 1 aliphatic heterocycles. The second kappa shape index (κ2) is 4.25. The number of hydrogen-bond donors (Lipinski definition) is 1. The molecule has 0 atom stereocenters. The van der Waals surface area contributed by atoms with Gasteiger partial charge in [-0.05, 0) is 13.3 Å². The zero-order valence-corrected chi connectivity index (χ0v) is 8.29. The quantitative estimate of drug-likeness (QED) is 0.508. The Morgan fingerprint density at radius 2 is 2.23 bits per heavy atom. The van der Waals surface area contributed by atoms with Gasteiger partial charge in [0.05, 0.1) is 11.9 Å². The van der Waals surface area contributed by atoms with Gasteiger partial charge in [-0.2, -0.15) is 0 Å².